The average molecular weight is 418 g/mol. The predicted molar refractivity (Wildman–Crippen MR) is 120 cm³/mol. The van der Waals surface area contributed by atoms with Crippen LogP contribution in [-0.4, -0.2) is 0 Å². The van der Waals surface area contributed by atoms with Crippen LogP contribution in [0.25, 0.3) is 0 Å². The first-order valence-corrected chi connectivity index (χ1v) is 11.1. The van der Waals surface area contributed by atoms with Gasteiger partial charge in [-0.05, 0) is 103 Å². The molecule has 0 radical (unpaired) electrons. The van der Waals surface area contributed by atoms with Gasteiger partial charge in [-0.2, -0.15) is 0 Å². The molecule has 4 rings (SSSR count). The summed E-state index contributed by atoms with van der Waals surface area (Å²) in [5, 5.41) is 0. The molecule has 0 unspecified atom stereocenters. The van der Waals surface area contributed by atoms with Gasteiger partial charge in [0.05, 0.1) is 10.9 Å². The Bertz CT molecular complexity index is 1100. The van der Waals surface area contributed by atoms with Crippen LogP contribution in [0.2, 0.25) is 0 Å². The van der Waals surface area contributed by atoms with Crippen molar-refractivity contribution in [3.05, 3.63) is 125 Å². The van der Waals surface area contributed by atoms with Gasteiger partial charge in [0.2, 0.25) is 0 Å². The van der Waals surface area contributed by atoms with Gasteiger partial charge in [-0.15, -0.1) is 0 Å². The van der Waals surface area contributed by atoms with Crippen LogP contribution in [-0.2, 0) is 17.3 Å². The van der Waals surface area contributed by atoms with Crippen molar-refractivity contribution in [1.82, 2.24) is 0 Å². The molecule has 0 aliphatic rings. The first-order chi connectivity index (χ1) is 14.5. The molecule has 4 aromatic carbocycles. The molecule has 150 valence electrons. The van der Waals surface area contributed by atoms with Gasteiger partial charge < -0.3 is 0 Å². The molecule has 0 aliphatic heterocycles. The van der Waals surface area contributed by atoms with E-state index in [0.717, 1.165) is 21.1 Å². The highest BCUT2D eigenvalue weighted by atomic mass is 32.2. The summed E-state index contributed by atoms with van der Waals surface area (Å²) in [6.45, 7) is 4.27. The van der Waals surface area contributed by atoms with Crippen LogP contribution < -0.4 is 0 Å². The van der Waals surface area contributed by atoms with E-state index in [1.807, 2.05) is 24.3 Å². The Morgan fingerprint density at radius 2 is 1.07 bits per heavy atom. The molecule has 0 atom stereocenters. The molecule has 0 saturated heterocycles. The molecule has 0 saturated carbocycles. The predicted octanol–water partition coefficient (Wildman–Crippen LogP) is 7.27. The van der Waals surface area contributed by atoms with Crippen LogP contribution in [0.15, 0.2) is 106 Å². The van der Waals surface area contributed by atoms with E-state index in [2.05, 4.69) is 56.3 Å². The normalized spacial score (nSPS) is 11.1. The molecule has 0 spiro atoms. The highest BCUT2D eigenvalue weighted by Gasteiger charge is 2.29. The molecule has 0 aliphatic carbocycles. The maximum absolute atomic E-state index is 13.5. The SMILES string of the molecule is Cc1ccccc1Cc1ccc([S+](c2ccc(F)cc2)c2ccc(F)cc2)cc1C. The van der Waals surface area contributed by atoms with Crippen LogP contribution in [0.1, 0.15) is 22.3 Å². The zero-order chi connectivity index (χ0) is 21.1. The summed E-state index contributed by atoms with van der Waals surface area (Å²) in [6.07, 6.45) is 0.889. The van der Waals surface area contributed by atoms with Crippen LogP contribution in [0.4, 0.5) is 8.78 Å². The largest absolute Gasteiger partial charge is 0.207 e. The first-order valence-electron chi connectivity index (χ1n) is 9.91. The van der Waals surface area contributed by atoms with E-state index >= 15 is 0 Å². The zero-order valence-electron chi connectivity index (χ0n) is 17.0. The first kappa shape index (κ1) is 20.4. The van der Waals surface area contributed by atoms with Crippen molar-refractivity contribution in [1.29, 1.82) is 0 Å². The molecule has 0 aromatic heterocycles. The summed E-state index contributed by atoms with van der Waals surface area (Å²) in [7, 11) is -0.434. The molecule has 0 nitrogen and oxygen atoms in total. The number of halogens is 2. The molecule has 3 heteroatoms. The summed E-state index contributed by atoms with van der Waals surface area (Å²) in [4.78, 5) is 3.15. The second kappa shape index (κ2) is 8.85. The molecular weight excluding hydrogens is 394 g/mol. The Labute approximate surface area is 179 Å². The van der Waals surface area contributed by atoms with E-state index in [9.17, 15) is 8.78 Å². The molecule has 0 N–H and O–H groups in total. The number of benzene rings is 4. The maximum atomic E-state index is 13.5. The van der Waals surface area contributed by atoms with Gasteiger partial charge in [-0.1, -0.05) is 30.3 Å². The summed E-state index contributed by atoms with van der Waals surface area (Å²) in [5.41, 5.74) is 5.12. The van der Waals surface area contributed by atoms with Crippen molar-refractivity contribution >= 4 is 10.9 Å². The Balaban J connectivity index is 1.73. The van der Waals surface area contributed by atoms with Crippen LogP contribution >= 0.6 is 0 Å². The maximum Gasteiger partial charge on any atom is 0.166 e. The lowest BCUT2D eigenvalue weighted by Crippen LogP contribution is -2.06. The fourth-order valence-electron chi connectivity index (χ4n) is 3.56. The minimum absolute atomic E-state index is 0.258. The monoisotopic (exact) mass is 417 g/mol. The lowest BCUT2D eigenvalue weighted by atomic mass is 9.98. The molecule has 4 aromatic rings. The average Bonchev–Trinajstić information content (AvgIpc) is 2.74. The topological polar surface area (TPSA) is 0 Å². The van der Waals surface area contributed by atoms with Gasteiger partial charge >= 0.3 is 0 Å². The minimum atomic E-state index is -0.434. The second-order valence-electron chi connectivity index (χ2n) is 7.41. The molecule has 0 amide bonds. The summed E-state index contributed by atoms with van der Waals surface area (Å²) in [6, 6.07) is 28.2. The fraction of sp³-hybridized carbons (Fsp3) is 0.111. The van der Waals surface area contributed by atoms with Gasteiger partial charge in [-0.3, -0.25) is 0 Å². The van der Waals surface area contributed by atoms with E-state index in [-0.39, 0.29) is 11.6 Å². The Kier molecular flexibility index (Phi) is 6.01. The van der Waals surface area contributed by atoms with Crippen molar-refractivity contribution in [2.24, 2.45) is 0 Å². The number of rotatable bonds is 5. The fourth-order valence-corrected chi connectivity index (χ4v) is 5.69. The zero-order valence-corrected chi connectivity index (χ0v) is 17.8. The Morgan fingerprint density at radius 3 is 1.60 bits per heavy atom. The summed E-state index contributed by atoms with van der Waals surface area (Å²) >= 11 is 0. The number of aryl methyl sites for hydroxylation is 2. The number of hydrogen-bond acceptors (Lipinski definition) is 0. The van der Waals surface area contributed by atoms with Crippen molar-refractivity contribution in [2.75, 3.05) is 0 Å². The van der Waals surface area contributed by atoms with E-state index in [4.69, 9.17) is 0 Å². The van der Waals surface area contributed by atoms with Gasteiger partial charge in [-0.25, -0.2) is 8.78 Å². The Morgan fingerprint density at radius 1 is 0.567 bits per heavy atom. The van der Waals surface area contributed by atoms with Gasteiger partial charge in [0.15, 0.2) is 14.7 Å². The molecular formula is C27H23F2S+. The third-order valence-corrected chi connectivity index (χ3v) is 7.50. The lowest BCUT2D eigenvalue weighted by molar-refractivity contribution is 0.626. The smallest absolute Gasteiger partial charge is 0.166 e. The summed E-state index contributed by atoms with van der Waals surface area (Å²) < 4.78 is 27.0. The van der Waals surface area contributed by atoms with E-state index in [1.165, 1.54) is 46.5 Å². The van der Waals surface area contributed by atoms with Gasteiger partial charge in [0.25, 0.3) is 0 Å². The summed E-state index contributed by atoms with van der Waals surface area (Å²) in [5.74, 6) is -0.516. The second-order valence-corrected chi connectivity index (χ2v) is 9.43. The van der Waals surface area contributed by atoms with E-state index < -0.39 is 10.9 Å². The van der Waals surface area contributed by atoms with Crippen molar-refractivity contribution in [2.45, 2.75) is 35.0 Å². The van der Waals surface area contributed by atoms with Crippen LogP contribution in [0, 0.1) is 25.5 Å². The molecule has 0 heterocycles. The molecule has 30 heavy (non-hydrogen) atoms. The Hall–Kier alpha value is -2.91. The van der Waals surface area contributed by atoms with Crippen molar-refractivity contribution in [3.8, 4) is 0 Å². The van der Waals surface area contributed by atoms with Gasteiger partial charge in [0.1, 0.15) is 11.6 Å². The third-order valence-electron chi connectivity index (χ3n) is 5.29. The quantitative estimate of drug-likeness (QED) is 0.300. The molecule has 0 bridgehead atoms. The van der Waals surface area contributed by atoms with Crippen LogP contribution in [0.5, 0.6) is 0 Å². The lowest BCUT2D eigenvalue weighted by Gasteiger charge is -2.12. The highest BCUT2D eigenvalue weighted by molar-refractivity contribution is 7.97. The standard InChI is InChI=1S/C27H23F2S/c1-19-5-3-4-6-21(19)18-22-7-12-27(17-20(22)2)30(25-13-8-23(28)9-14-25)26-15-10-24(29)11-16-26/h3-17H,18H2,1-2H3/q+1. The van der Waals surface area contributed by atoms with Crippen molar-refractivity contribution < 1.29 is 8.78 Å². The molecule has 0 fully saturated rings. The van der Waals surface area contributed by atoms with E-state index in [1.54, 1.807) is 0 Å². The van der Waals surface area contributed by atoms with Crippen molar-refractivity contribution in [3.63, 3.8) is 0 Å². The highest BCUT2D eigenvalue weighted by Crippen LogP contribution is 2.33. The number of hydrogen-bond donors (Lipinski definition) is 0. The van der Waals surface area contributed by atoms with Crippen LogP contribution in [0.3, 0.4) is 0 Å². The van der Waals surface area contributed by atoms with E-state index in [0.29, 0.717) is 0 Å². The minimum Gasteiger partial charge on any atom is -0.207 e. The third kappa shape index (κ3) is 4.47. The van der Waals surface area contributed by atoms with Gasteiger partial charge in [0, 0.05) is 0 Å².